The van der Waals surface area contributed by atoms with E-state index in [1.54, 1.807) is 4.90 Å². The molecule has 0 bridgehead atoms. The van der Waals surface area contributed by atoms with E-state index >= 15 is 0 Å². The minimum atomic E-state index is -0.149. The first-order valence-electron chi connectivity index (χ1n) is 6.40. The van der Waals surface area contributed by atoms with Gasteiger partial charge in [-0.15, -0.1) is 0 Å². The second-order valence-corrected chi connectivity index (χ2v) is 4.62. The molecule has 0 N–H and O–H groups in total. The molecule has 2 aliphatic heterocycles. The normalized spacial score (nSPS) is 28.8. The Morgan fingerprint density at radius 3 is 2.71 bits per heavy atom. The second-order valence-electron chi connectivity index (χ2n) is 4.62. The van der Waals surface area contributed by atoms with Crippen LogP contribution < -0.4 is 0 Å². The molecule has 0 saturated carbocycles. The van der Waals surface area contributed by atoms with Crippen molar-refractivity contribution >= 4 is 11.9 Å². The molecule has 5 nitrogen and oxygen atoms in total. The molecule has 2 heterocycles. The summed E-state index contributed by atoms with van der Waals surface area (Å²) in [6.45, 7) is 6.12. The van der Waals surface area contributed by atoms with Crippen molar-refractivity contribution in [3.63, 3.8) is 0 Å². The van der Waals surface area contributed by atoms with E-state index in [1.807, 2.05) is 6.92 Å². The summed E-state index contributed by atoms with van der Waals surface area (Å²) in [5.41, 5.74) is 0. The molecule has 0 aromatic heterocycles. The number of rotatable bonds is 4. The van der Waals surface area contributed by atoms with Crippen molar-refractivity contribution in [1.82, 2.24) is 9.80 Å². The summed E-state index contributed by atoms with van der Waals surface area (Å²) >= 11 is 0. The van der Waals surface area contributed by atoms with Crippen molar-refractivity contribution in [2.45, 2.75) is 32.7 Å². The number of carbonyl (C=O) groups excluding carboxylic acids is 2. The minimum absolute atomic E-state index is 0.0436. The van der Waals surface area contributed by atoms with Crippen molar-refractivity contribution < 1.29 is 14.3 Å². The largest absolute Gasteiger partial charge is 0.378 e. The van der Waals surface area contributed by atoms with Crippen LogP contribution in [0.15, 0.2) is 0 Å². The SMILES string of the molecule is CCCCN1C(=O)C2COCC2N(CC)C1=O. The number of amides is 3. The lowest BCUT2D eigenvalue weighted by Crippen LogP contribution is -2.61. The Bertz CT molecular complexity index is 319. The molecule has 0 spiro atoms. The Morgan fingerprint density at radius 1 is 1.29 bits per heavy atom. The predicted molar refractivity (Wildman–Crippen MR) is 62.5 cm³/mol. The highest BCUT2D eigenvalue weighted by Crippen LogP contribution is 2.28. The first-order valence-corrected chi connectivity index (χ1v) is 6.40. The smallest absolute Gasteiger partial charge is 0.327 e. The van der Waals surface area contributed by atoms with E-state index in [0.29, 0.717) is 26.3 Å². The summed E-state index contributed by atoms with van der Waals surface area (Å²) in [4.78, 5) is 27.6. The number of fused-ring (bicyclic) bond motifs is 1. The van der Waals surface area contributed by atoms with Gasteiger partial charge in [-0.05, 0) is 13.3 Å². The lowest BCUT2D eigenvalue weighted by molar-refractivity contribution is -0.137. The fourth-order valence-corrected chi connectivity index (χ4v) is 2.57. The zero-order valence-electron chi connectivity index (χ0n) is 10.5. The van der Waals surface area contributed by atoms with Crippen LogP contribution in [0.3, 0.4) is 0 Å². The van der Waals surface area contributed by atoms with Crippen molar-refractivity contribution in [1.29, 1.82) is 0 Å². The molecular weight excluding hydrogens is 220 g/mol. The molecular formula is C12H20N2O3. The molecule has 2 fully saturated rings. The average Bonchev–Trinajstić information content (AvgIpc) is 2.79. The molecule has 17 heavy (non-hydrogen) atoms. The minimum Gasteiger partial charge on any atom is -0.378 e. The quantitative estimate of drug-likeness (QED) is 0.739. The predicted octanol–water partition coefficient (Wildman–Crippen LogP) is 1.09. The molecule has 0 aliphatic carbocycles. The zero-order chi connectivity index (χ0) is 12.4. The molecule has 0 radical (unpaired) electrons. The van der Waals surface area contributed by atoms with Gasteiger partial charge in [-0.3, -0.25) is 9.69 Å². The van der Waals surface area contributed by atoms with Crippen LogP contribution in [0.5, 0.6) is 0 Å². The van der Waals surface area contributed by atoms with Crippen LogP contribution in [0.1, 0.15) is 26.7 Å². The third kappa shape index (κ3) is 2.04. The maximum absolute atomic E-state index is 12.2. The molecule has 2 atom stereocenters. The Labute approximate surface area is 102 Å². The van der Waals surface area contributed by atoms with Gasteiger partial charge in [0, 0.05) is 13.1 Å². The number of likely N-dealkylation sites (N-methyl/N-ethyl adjacent to an activating group) is 1. The molecule has 96 valence electrons. The monoisotopic (exact) mass is 240 g/mol. The fraction of sp³-hybridized carbons (Fsp3) is 0.833. The summed E-state index contributed by atoms with van der Waals surface area (Å²) in [6, 6.07) is -0.185. The van der Waals surface area contributed by atoms with Gasteiger partial charge >= 0.3 is 6.03 Å². The first-order chi connectivity index (χ1) is 8.20. The third-order valence-electron chi connectivity index (χ3n) is 3.59. The number of carbonyl (C=O) groups is 2. The van der Waals surface area contributed by atoms with Crippen LogP contribution in [-0.2, 0) is 9.53 Å². The summed E-state index contributed by atoms with van der Waals surface area (Å²) in [7, 11) is 0. The van der Waals surface area contributed by atoms with Crippen LogP contribution in [0.2, 0.25) is 0 Å². The molecule has 0 aromatic rings. The lowest BCUT2D eigenvalue weighted by Gasteiger charge is -2.40. The van der Waals surface area contributed by atoms with E-state index in [1.165, 1.54) is 4.90 Å². The van der Waals surface area contributed by atoms with Gasteiger partial charge in [0.1, 0.15) is 0 Å². The first kappa shape index (κ1) is 12.4. The molecule has 3 amide bonds. The van der Waals surface area contributed by atoms with Crippen LogP contribution >= 0.6 is 0 Å². The molecule has 2 rings (SSSR count). The number of unbranched alkanes of at least 4 members (excludes halogenated alkanes) is 1. The highest BCUT2D eigenvalue weighted by Gasteiger charge is 2.48. The number of ether oxygens (including phenoxy) is 1. The number of hydrogen-bond acceptors (Lipinski definition) is 3. The third-order valence-corrected chi connectivity index (χ3v) is 3.59. The van der Waals surface area contributed by atoms with E-state index in [2.05, 4.69) is 6.92 Å². The van der Waals surface area contributed by atoms with Gasteiger partial charge in [-0.25, -0.2) is 4.79 Å². The lowest BCUT2D eigenvalue weighted by atomic mass is 9.97. The Hall–Kier alpha value is -1.10. The van der Waals surface area contributed by atoms with Gasteiger partial charge in [0.05, 0.1) is 25.2 Å². The van der Waals surface area contributed by atoms with Crippen LogP contribution in [0.4, 0.5) is 4.79 Å². The van der Waals surface area contributed by atoms with Gasteiger partial charge in [0.15, 0.2) is 0 Å². The number of hydrogen-bond donors (Lipinski definition) is 0. The highest BCUT2D eigenvalue weighted by atomic mass is 16.5. The van der Waals surface area contributed by atoms with E-state index in [0.717, 1.165) is 12.8 Å². The number of urea groups is 1. The summed E-state index contributed by atoms with van der Waals surface area (Å²) < 4.78 is 5.35. The Balaban J connectivity index is 2.17. The van der Waals surface area contributed by atoms with E-state index in [4.69, 9.17) is 4.74 Å². The van der Waals surface area contributed by atoms with Crippen molar-refractivity contribution in [2.75, 3.05) is 26.3 Å². The van der Waals surface area contributed by atoms with Crippen molar-refractivity contribution in [3.05, 3.63) is 0 Å². The van der Waals surface area contributed by atoms with E-state index in [-0.39, 0.29) is 23.9 Å². The second kappa shape index (κ2) is 5.04. The van der Waals surface area contributed by atoms with E-state index < -0.39 is 0 Å². The summed E-state index contributed by atoms with van der Waals surface area (Å²) in [6.07, 6.45) is 1.85. The van der Waals surface area contributed by atoms with Crippen molar-refractivity contribution in [3.8, 4) is 0 Å². The maximum atomic E-state index is 12.2. The molecule has 2 saturated heterocycles. The number of imide groups is 1. The van der Waals surface area contributed by atoms with E-state index in [9.17, 15) is 9.59 Å². The van der Waals surface area contributed by atoms with Crippen LogP contribution in [0, 0.1) is 5.92 Å². The Kier molecular flexibility index (Phi) is 3.66. The summed E-state index contributed by atoms with van der Waals surface area (Å²) in [5, 5.41) is 0. The van der Waals surface area contributed by atoms with Gasteiger partial charge in [0.25, 0.3) is 0 Å². The molecule has 0 aromatic carbocycles. The van der Waals surface area contributed by atoms with Gasteiger partial charge in [-0.2, -0.15) is 0 Å². The molecule has 5 heteroatoms. The van der Waals surface area contributed by atoms with Crippen LogP contribution in [-0.4, -0.2) is 54.1 Å². The zero-order valence-corrected chi connectivity index (χ0v) is 10.5. The fourth-order valence-electron chi connectivity index (χ4n) is 2.57. The van der Waals surface area contributed by atoms with Crippen molar-refractivity contribution in [2.24, 2.45) is 5.92 Å². The summed E-state index contributed by atoms with van der Waals surface area (Å²) in [5.74, 6) is -0.194. The van der Waals surface area contributed by atoms with Crippen LogP contribution in [0.25, 0.3) is 0 Å². The number of nitrogens with zero attached hydrogens (tertiary/aromatic N) is 2. The molecule has 2 aliphatic rings. The van der Waals surface area contributed by atoms with Gasteiger partial charge < -0.3 is 9.64 Å². The van der Waals surface area contributed by atoms with Gasteiger partial charge in [-0.1, -0.05) is 13.3 Å². The topological polar surface area (TPSA) is 49.9 Å². The standard InChI is InChI=1S/C12H20N2O3/c1-3-5-6-14-11(15)9-7-17-8-10(9)13(4-2)12(14)16/h9-10H,3-8H2,1-2H3. The highest BCUT2D eigenvalue weighted by molar-refractivity contribution is 5.99. The maximum Gasteiger partial charge on any atom is 0.327 e. The average molecular weight is 240 g/mol. The molecule has 2 unspecified atom stereocenters. The Morgan fingerprint density at radius 2 is 2.06 bits per heavy atom. The van der Waals surface area contributed by atoms with Gasteiger partial charge in [0.2, 0.25) is 5.91 Å².